The van der Waals surface area contributed by atoms with E-state index in [-0.39, 0.29) is 0 Å². The lowest BCUT2D eigenvalue weighted by atomic mass is 10.4. The van der Waals surface area contributed by atoms with E-state index in [2.05, 4.69) is 36.4 Å². The number of rotatable bonds is 4. The fourth-order valence-corrected chi connectivity index (χ4v) is 9.93. The van der Waals surface area contributed by atoms with Gasteiger partial charge in [0.2, 0.25) is 7.31 Å². The standard InChI is InChI=1S/C19H18O2P2/c1-21-22(20)23(17-11-5-2-6-12-17,18-13-7-3-8-14-18)19-15-9-4-10-16-19/h2-16H,1H3. The minimum atomic E-state index is -2.36. The Hall–Kier alpha value is -1.85. The Bertz CT molecular complexity index is 766. The Morgan fingerprint density at radius 2 is 0.957 bits per heavy atom. The van der Waals surface area contributed by atoms with Crippen LogP contribution in [0.2, 0.25) is 0 Å². The molecule has 0 aliphatic carbocycles. The summed E-state index contributed by atoms with van der Waals surface area (Å²) in [5.41, 5.74) is 0. The van der Waals surface area contributed by atoms with Gasteiger partial charge in [-0.2, -0.15) is 0 Å². The topological polar surface area (TPSA) is 26.3 Å². The van der Waals surface area contributed by atoms with Crippen molar-refractivity contribution < 1.29 is 9.09 Å². The predicted octanol–water partition coefficient (Wildman–Crippen LogP) is 4.28. The highest BCUT2D eigenvalue weighted by atomic mass is 31.8. The monoisotopic (exact) mass is 340 g/mol. The van der Waals surface area contributed by atoms with Crippen LogP contribution in [-0.2, 0) is 9.09 Å². The summed E-state index contributed by atoms with van der Waals surface area (Å²) in [4.78, 5) is 0. The van der Waals surface area contributed by atoms with Gasteiger partial charge in [0, 0.05) is 7.11 Å². The van der Waals surface area contributed by atoms with Crippen molar-refractivity contribution in [1.29, 1.82) is 0 Å². The lowest BCUT2D eigenvalue weighted by molar-refractivity contribution is 0.430. The van der Waals surface area contributed by atoms with E-state index in [0.29, 0.717) is 0 Å². The van der Waals surface area contributed by atoms with Gasteiger partial charge in [0.1, 0.15) is 0 Å². The zero-order valence-corrected chi connectivity index (χ0v) is 14.7. The van der Waals surface area contributed by atoms with Crippen molar-refractivity contribution in [3.63, 3.8) is 0 Å². The molecule has 0 saturated heterocycles. The molecule has 0 radical (unpaired) electrons. The summed E-state index contributed by atoms with van der Waals surface area (Å²) in [5.74, 6) is 0. The van der Waals surface area contributed by atoms with Gasteiger partial charge in [-0.3, -0.25) is 4.57 Å². The summed E-state index contributed by atoms with van der Waals surface area (Å²) in [6.07, 6.45) is 0. The van der Waals surface area contributed by atoms with Crippen LogP contribution in [0.3, 0.4) is 0 Å². The van der Waals surface area contributed by atoms with Crippen LogP contribution in [0.5, 0.6) is 0 Å². The van der Waals surface area contributed by atoms with E-state index in [1.165, 1.54) is 7.11 Å². The van der Waals surface area contributed by atoms with E-state index in [1.54, 1.807) is 0 Å². The Morgan fingerprint density at radius 3 is 1.22 bits per heavy atom. The van der Waals surface area contributed by atoms with Gasteiger partial charge in [0.05, 0.1) is 6.55 Å². The summed E-state index contributed by atoms with van der Waals surface area (Å²) in [7, 11) is -0.364. The van der Waals surface area contributed by atoms with Crippen LogP contribution in [0.1, 0.15) is 0 Å². The molecule has 4 heteroatoms. The second-order valence-corrected chi connectivity index (χ2v) is 11.5. The number of hydrogen-bond donors (Lipinski definition) is 0. The number of hydrogen-bond acceptors (Lipinski definition) is 2. The van der Waals surface area contributed by atoms with Crippen molar-refractivity contribution >= 4 is 29.8 Å². The molecule has 23 heavy (non-hydrogen) atoms. The first-order valence-electron chi connectivity index (χ1n) is 7.38. The fraction of sp³-hybridized carbons (Fsp3) is 0.0526. The third-order valence-electron chi connectivity index (χ3n) is 3.79. The zero-order valence-electron chi connectivity index (χ0n) is 12.9. The van der Waals surface area contributed by atoms with Crippen LogP contribution < -0.4 is 15.9 Å². The molecular formula is C19H18O2P2. The minimum absolute atomic E-state index is 1.07. The van der Waals surface area contributed by atoms with Gasteiger partial charge >= 0.3 is 0 Å². The fourth-order valence-electron chi connectivity index (χ4n) is 2.78. The van der Waals surface area contributed by atoms with Crippen molar-refractivity contribution in [2.45, 2.75) is 0 Å². The van der Waals surface area contributed by atoms with Crippen molar-refractivity contribution in [1.82, 2.24) is 0 Å². The molecule has 116 valence electrons. The van der Waals surface area contributed by atoms with E-state index in [1.807, 2.05) is 54.6 Å². The summed E-state index contributed by atoms with van der Waals surface area (Å²) in [5, 5.41) is 3.21. The van der Waals surface area contributed by atoms with E-state index < -0.39 is 13.9 Å². The largest absolute Gasteiger partial charge is 0.304 e. The SMILES string of the molecule is COP(=O)=P(c1ccccc1)(c1ccccc1)c1ccccc1. The third kappa shape index (κ3) is 2.86. The smallest absolute Gasteiger partial charge is 0.242 e. The molecule has 2 nitrogen and oxygen atoms in total. The molecule has 3 rings (SSSR count). The van der Waals surface area contributed by atoms with Gasteiger partial charge in [-0.05, 0) is 15.9 Å². The molecule has 0 saturated carbocycles. The van der Waals surface area contributed by atoms with Crippen LogP contribution in [-0.4, -0.2) is 7.11 Å². The highest BCUT2D eigenvalue weighted by molar-refractivity contribution is 8.18. The van der Waals surface area contributed by atoms with Crippen LogP contribution >= 0.6 is 13.9 Å². The molecule has 0 aromatic heterocycles. The molecule has 0 spiro atoms. The summed E-state index contributed by atoms with van der Waals surface area (Å²) < 4.78 is 18.6. The first kappa shape index (κ1) is 16.0. The van der Waals surface area contributed by atoms with Gasteiger partial charge in [-0.25, -0.2) is 0 Å². The normalized spacial score (nSPS) is 12.0. The Balaban J connectivity index is 2.50. The average molecular weight is 340 g/mol. The Labute approximate surface area is 137 Å². The lowest BCUT2D eigenvalue weighted by Crippen LogP contribution is -2.24. The van der Waals surface area contributed by atoms with Crippen molar-refractivity contribution in [3.8, 4) is 0 Å². The van der Waals surface area contributed by atoms with Crippen LogP contribution in [0.15, 0.2) is 91.0 Å². The molecule has 3 aromatic carbocycles. The second-order valence-electron chi connectivity index (χ2n) is 5.06. The first-order valence-corrected chi connectivity index (χ1v) is 11.0. The zero-order chi connectivity index (χ0) is 16.1. The predicted molar refractivity (Wildman–Crippen MR) is 99.8 cm³/mol. The molecule has 1 unspecified atom stereocenters. The number of benzene rings is 3. The first-order chi connectivity index (χ1) is 11.3. The Morgan fingerprint density at radius 1 is 0.652 bits per heavy atom. The Kier molecular flexibility index (Phi) is 4.98. The van der Waals surface area contributed by atoms with Crippen molar-refractivity contribution in [2.24, 2.45) is 0 Å². The van der Waals surface area contributed by atoms with Gasteiger partial charge in [-0.1, -0.05) is 91.0 Å². The van der Waals surface area contributed by atoms with E-state index in [9.17, 15) is 4.57 Å². The highest BCUT2D eigenvalue weighted by Gasteiger charge is 2.29. The average Bonchev–Trinajstić information content (AvgIpc) is 2.65. The van der Waals surface area contributed by atoms with E-state index in [4.69, 9.17) is 4.52 Å². The van der Waals surface area contributed by atoms with Crippen LogP contribution in [0, 0.1) is 0 Å². The van der Waals surface area contributed by atoms with E-state index >= 15 is 0 Å². The molecular weight excluding hydrogens is 322 g/mol. The summed E-state index contributed by atoms with van der Waals surface area (Å²) in [6.45, 7) is -2.36. The van der Waals surface area contributed by atoms with Gasteiger partial charge < -0.3 is 4.52 Å². The molecule has 0 amide bonds. The lowest BCUT2D eigenvalue weighted by Gasteiger charge is -2.25. The molecule has 0 bridgehead atoms. The third-order valence-corrected chi connectivity index (χ3v) is 11.8. The molecule has 1 atom stereocenters. The van der Waals surface area contributed by atoms with Crippen LogP contribution in [0.4, 0.5) is 0 Å². The van der Waals surface area contributed by atoms with Crippen molar-refractivity contribution in [2.75, 3.05) is 7.11 Å². The molecule has 3 aromatic rings. The van der Waals surface area contributed by atoms with Gasteiger partial charge in [0.25, 0.3) is 0 Å². The van der Waals surface area contributed by atoms with Crippen molar-refractivity contribution in [3.05, 3.63) is 91.0 Å². The summed E-state index contributed by atoms with van der Waals surface area (Å²) in [6, 6.07) is 30.2. The van der Waals surface area contributed by atoms with E-state index in [0.717, 1.165) is 15.9 Å². The molecule has 0 fully saturated rings. The quantitative estimate of drug-likeness (QED) is 0.663. The highest BCUT2D eigenvalue weighted by Crippen LogP contribution is 2.56. The minimum Gasteiger partial charge on any atom is -0.304 e. The molecule has 0 N–H and O–H groups in total. The maximum atomic E-state index is 13.2. The van der Waals surface area contributed by atoms with Crippen LogP contribution in [0.25, 0.3) is 0 Å². The summed E-state index contributed by atoms with van der Waals surface area (Å²) >= 11 is 0. The maximum Gasteiger partial charge on any atom is 0.242 e. The van der Waals surface area contributed by atoms with Gasteiger partial charge in [0.15, 0.2) is 0 Å². The molecule has 0 aliphatic heterocycles. The molecule has 0 heterocycles. The maximum absolute atomic E-state index is 13.2. The second kappa shape index (κ2) is 7.15. The molecule has 0 aliphatic rings. The van der Waals surface area contributed by atoms with Gasteiger partial charge in [-0.15, -0.1) is 0 Å².